The van der Waals surface area contributed by atoms with Gasteiger partial charge < -0.3 is 5.73 Å². The first-order chi connectivity index (χ1) is 7.61. The second-order valence-corrected chi connectivity index (χ2v) is 5.84. The molecule has 0 aromatic carbocycles. The van der Waals surface area contributed by atoms with E-state index in [1.807, 2.05) is 12.3 Å². The molecule has 16 heavy (non-hydrogen) atoms. The lowest BCUT2D eigenvalue weighted by Gasteiger charge is -2.03. The van der Waals surface area contributed by atoms with Crippen LogP contribution in [0.15, 0.2) is 5.38 Å². The zero-order valence-corrected chi connectivity index (χ0v) is 11.3. The van der Waals surface area contributed by atoms with Crippen molar-refractivity contribution in [3.05, 3.63) is 31.7 Å². The Kier molecular flexibility index (Phi) is 3.37. The van der Waals surface area contributed by atoms with Crippen molar-refractivity contribution in [2.75, 3.05) is 0 Å². The highest BCUT2D eigenvalue weighted by Crippen LogP contribution is 2.28. The summed E-state index contributed by atoms with van der Waals surface area (Å²) in [5.41, 5.74) is 8.35. The van der Waals surface area contributed by atoms with Gasteiger partial charge in [-0.2, -0.15) is 0 Å². The Balaban J connectivity index is 2.30. The van der Waals surface area contributed by atoms with Gasteiger partial charge in [-0.3, -0.25) is 0 Å². The SMILES string of the molecule is CCc1nc(C(N)c2nc(C)cs2)sc1C. The predicted molar refractivity (Wildman–Crippen MR) is 69.1 cm³/mol. The Morgan fingerprint density at radius 3 is 2.56 bits per heavy atom. The molecular weight excluding hydrogens is 238 g/mol. The summed E-state index contributed by atoms with van der Waals surface area (Å²) >= 11 is 3.29. The summed E-state index contributed by atoms with van der Waals surface area (Å²) in [6, 6.07) is -0.164. The number of aryl methyl sites for hydroxylation is 3. The van der Waals surface area contributed by atoms with Gasteiger partial charge in [0.15, 0.2) is 0 Å². The Hall–Kier alpha value is -0.780. The molecule has 0 aliphatic carbocycles. The van der Waals surface area contributed by atoms with Gasteiger partial charge in [-0.05, 0) is 20.3 Å². The first-order valence-electron chi connectivity index (χ1n) is 5.25. The quantitative estimate of drug-likeness (QED) is 0.915. The maximum atomic E-state index is 6.16. The molecule has 0 spiro atoms. The molecule has 2 N–H and O–H groups in total. The number of thiazole rings is 2. The number of aromatic nitrogens is 2. The van der Waals surface area contributed by atoms with Crippen LogP contribution in [0.4, 0.5) is 0 Å². The maximum Gasteiger partial charge on any atom is 0.117 e. The zero-order chi connectivity index (χ0) is 11.7. The number of nitrogens with zero attached hydrogens (tertiary/aromatic N) is 2. The monoisotopic (exact) mass is 253 g/mol. The molecule has 5 heteroatoms. The van der Waals surface area contributed by atoms with E-state index in [9.17, 15) is 0 Å². The highest BCUT2D eigenvalue weighted by molar-refractivity contribution is 7.12. The van der Waals surface area contributed by atoms with Crippen molar-refractivity contribution in [1.82, 2.24) is 9.97 Å². The topological polar surface area (TPSA) is 51.8 Å². The minimum absolute atomic E-state index is 0.164. The van der Waals surface area contributed by atoms with E-state index in [0.717, 1.165) is 27.8 Å². The van der Waals surface area contributed by atoms with Crippen molar-refractivity contribution >= 4 is 22.7 Å². The molecule has 2 rings (SSSR count). The van der Waals surface area contributed by atoms with Crippen molar-refractivity contribution in [2.45, 2.75) is 33.2 Å². The van der Waals surface area contributed by atoms with Gasteiger partial charge in [-0.15, -0.1) is 22.7 Å². The summed E-state index contributed by atoms with van der Waals surface area (Å²) in [6.07, 6.45) is 0.964. The smallest absolute Gasteiger partial charge is 0.117 e. The molecule has 2 aromatic rings. The minimum Gasteiger partial charge on any atom is -0.316 e. The third-order valence-corrected chi connectivity index (χ3v) is 4.55. The van der Waals surface area contributed by atoms with Gasteiger partial charge in [-0.25, -0.2) is 9.97 Å². The third kappa shape index (κ3) is 2.16. The van der Waals surface area contributed by atoms with Crippen molar-refractivity contribution in [3.8, 4) is 0 Å². The summed E-state index contributed by atoms with van der Waals surface area (Å²) in [5, 5.41) is 3.95. The van der Waals surface area contributed by atoms with Crippen LogP contribution in [0.5, 0.6) is 0 Å². The van der Waals surface area contributed by atoms with E-state index in [2.05, 4.69) is 23.8 Å². The van der Waals surface area contributed by atoms with Crippen molar-refractivity contribution in [2.24, 2.45) is 5.73 Å². The highest BCUT2D eigenvalue weighted by Gasteiger charge is 2.17. The molecule has 0 amide bonds. The Morgan fingerprint density at radius 1 is 1.31 bits per heavy atom. The van der Waals surface area contributed by atoms with Gasteiger partial charge in [0.05, 0.1) is 5.69 Å². The summed E-state index contributed by atoms with van der Waals surface area (Å²) in [7, 11) is 0. The Bertz CT molecular complexity index is 487. The first-order valence-corrected chi connectivity index (χ1v) is 6.95. The molecular formula is C11H15N3S2. The van der Waals surface area contributed by atoms with E-state index < -0.39 is 0 Å². The molecule has 2 heterocycles. The standard InChI is InChI=1S/C11H15N3S2/c1-4-8-7(3)16-11(14-8)9(12)10-13-6(2)5-15-10/h5,9H,4,12H2,1-3H3. The van der Waals surface area contributed by atoms with Crippen LogP contribution in [0, 0.1) is 13.8 Å². The van der Waals surface area contributed by atoms with Gasteiger partial charge in [0.25, 0.3) is 0 Å². The van der Waals surface area contributed by atoms with E-state index in [1.54, 1.807) is 22.7 Å². The largest absolute Gasteiger partial charge is 0.316 e. The van der Waals surface area contributed by atoms with Crippen LogP contribution in [-0.2, 0) is 6.42 Å². The predicted octanol–water partition coefficient (Wildman–Crippen LogP) is 2.83. The fourth-order valence-electron chi connectivity index (χ4n) is 1.53. The lowest BCUT2D eigenvalue weighted by Crippen LogP contribution is -2.11. The molecule has 0 radical (unpaired) electrons. The van der Waals surface area contributed by atoms with Gasteiger partial charge in [-0.1, -0.05) is 6.92 Å². The minimum atomic E-state index is -0.164. The fourth-order valence-corrected chi connectivity index (χ4v) is 3.42. The second kappa shape index (κ2) is 4.61. The average Bonchev–Trinajstić information content (AvgIpc) is 2.83. The summed E-state index contributed by atoms with van der Waals surface area (Å²) in [5.74, 6) is 0. The van der Waals surface area contributed by atoms with Crippen molar-refractivity contribution < 1.29 is 0 Å². The second-order valence-electron chi connectivity index (χ2n) is 3.71. The van der Waals surface area contributed by atoms with E-state index in [1.165, 1.54) is 4.88 Å². The van der Waals surface area contributed by atoms with Gasteiger partial charge in [0.2, 0.25) is 0 Å². The molecule has 0 bridgehead atoms. The van der Waals surface area contributed by atoms with Crippen molar-refractivity contribution in [3.63, 3.8) is 0 Å². The van der Waals surface area contributed by atoms with Crippen LogP contribution in [0.3, 0.4) is 0 Å². The lowest BCUT2D eigenvalue weighted by molar-refractivity contribution is 0.829. The van der Waals surface area contributed by atoms with Gasteiger partial charge in [0, 0.05) is 16.0 Å². The number of nitrogens with two attached hydrogens (primary N) is 1. The number of hydrogen-bond donors (Lipinski definition) is 1. The van der Waals surface area contributed by atoms with Gasteiger partial charge >= 0.3 is 0 Å². The Labute approximate surface area is 103 Å². The van der Waals surface area contributed by atoms with Crippen LogP contribution < -0.4 is 5.73 Å². The van der Waals surface area contributed by atoms with Crippen LogP contribution >= 0.6 is 22.7 Å². The molecule has 0 fully saturated rings. The zero-order valence-electron chi connectivity index (χ0n) is 9.65. The van der Waals surface area contributed by atoms with E-state index >= 15 is 0 Å². The highest BCUT2D eigenvalue weighted by atomic mass is 32.1. The van der Waals surface area contributed by atoms with Crippen LogP contribution in [0.1, 0.15) is 39.2 Å². The summed E-state index contributed by atoms with van der Waals surface area (Å²) < 4.78 is 0. The maximum absolute atomic E-state index is 6.16. The molecule has 0 aliphatic heterocycles. The van der Waals surface area contributed by atoms with E-state index in [4.69, 9.17) is 5.73 Å². The van der Waals surface area contributed by atoms with E-state index in [-0.39, 0.29) is 6.04 Å². The molecule has 1 atom stereocenters. The number of rotatable bonds is 3. The molecule has 86 valence electrons. The fraction of sp³-hybridized carbons (Fsp3) is 0.455. The number of hydrogen-bond acceptors (Lipinski definition) is 5. The third-order valence-electron chi connectivity index (χ3n) is 2.41. The average molecular weight is 253 g/mol. The van der Waals surface area contributed by atoms with Crippen LogP contribution in [0.25, 0.3) is 0 Å². The Morgan fingerprint density at radius 2 is 2.06 bits per heavy atom. The normalized spacial score (nSPS) is 13.0. The molecule has 0 saturated carbocycles. The summed E-state index contributed by atoms with van der Waals surface area (Å²) in [4.78, 5) is 10.3. The van der Waals surface area contributed by atoms with Crippen LogP contribution in [0.2, 0.25) is 0 Å². The van der Waals surface area contributed by atoms with Crippen molar-refractivity contribution in [1.29, 1.82) is 0 Å². The van der Waals surface area contributed by atoms with E-state index in [0.29, 0.717) is 0 Å². The molecule has 3 nitrogen and oxygen atoms in total. The molecule has 2 aromatic heterocycles. The first kappa shape index (κ1) is 11.7. The molecule has 1 unspecified atom stereocenters. The van der Waals surface area contributed by atoms with Gasteiger partial charge in [0.1, 0.15) is 16.1 Å². The molecule has 0 saturated heterocycles. The lowest BCUT2D eigenvalue weighted by atomic mass is 10.3. The summed E-state index contributed by atoms with van der Waals surface area (Å²) in [6.45, 7) is 6.20. The molecule has 0 aliphatic rings. The van der Waals surface area contributed by atoms with Crippen LogP contribution in [-0.4, -0.2) is 9.97 Å².